The average molecular weight is 287 g/mol. The number of rotatable bonds is 6. The van der Waals surface area contributed by atoms with Gasteiger partial charge in [0, 0.05) is 13.0 Å². The van der Waals surface area contributed by atoms with E-state index in [-0.39, 0.29) is 18.7 Å². The van der Waals surface area contributed by atoms with Gasteiger partial charge in [0.1, 0.15) is 11.8 Å². The van der Waals surface area contributed by atoms with E-state index in [2.05, 4.69) is 11.9 Å². The summed E-state index contributed by atoms with van der Waals surface area (Å²) in [6, 6.07) is 5.43. The minimum atomic E-state index is -0.861. The first-order valence-electron chi connectivity index (χ1n) is 6.43. The molecule has 0 saturated carbocycles. The lowest BCUT2D eigenvalue weighted by Gasteiger charge is -2.21. The Bertz CT molecular complexity index is 561. The number of nitrogens with zero attached hydrogens (tertiary/aromatic N) is 2. The Morgan fingerprint density at radius 3 is 2.57 bits per heavy atom. The molecule has 0 aliphatic carbocycles. The zero-order valence-electron chi connectivity index (χ0n) is 11.7. The third kappa shape index (κ3) is 4.66. The molecule has 0 saturated heterocycles. The number of nitriles is 1. The van der Waals surface area contributed by atoms with Gasteiger partial charge < -0.3 is 10.4 Å². The van der Waals surface area contributed by atoms with Crippen molar-refractivity contribution in [2.45, 2.75) is 19.4 Å². The molecule has 0 aromatic heterocycles. The third-order valence-corrected chi connectivity index (χ3v) is 2.88. The maximum atomic E-state index is 12.2. The van der Waals surface area contributed by atoms with Crippen LogP contribution in [-0.2, 0) is 16.0 Å². The molecule has 110 valence electrons. The van der Waals surface area contributed by atoms with Gasteiger partial charge in [-0.3, -0.25) is 9.59 Å². The first kappa shape index (κ1) is 16.2. The van der Waals surface area contributed by atoms with Gasteiger partial charge in [-0.2, -0.15) is 5.26 Å². The summed E-state index contributed by atoms with van der Waals surface area (Å²) in [5.41, 5.74) is 0.754. The summed E-state index contributed by atoms with van der Waals surface area (Å²) in [6.07, 6.45) is 3.07. The lowest BCUT2D eigenvalue weighted by molar-refractivity contribution is -0.132. The molecule has 1 aromatic carbocycles. The fourth-order valence-corrected chi connectivity index (χ4v) is 1.76. The van der Waals surface area contributed by atoms with Crippen molar-refractivity contribution in [2.24, 2.45) is 0 Å². The molecule has 0 fully saturated rings. The van der Waals surface area contributed by atoms with Gasteiger partial charge in [0.2, 0.25) is 5.91 Å². The summed E-state index contributed by atoms with van der Waals surface area (Å²) < 4.78 is 0. The Morgan fingerprint density at radius 2 is 2.10 bits per heavy atom. The van der Waals surface area contributed by atoms with Crippen molar-refractivity contribution in [2.75, 3.05) is 6.54 Å². The second kappa shape index (κ2) is 7.70. The van der Waals surface area contributed by atoms with Crippen LogP contribution in [0.3, 0.4) is 0 Å². The minimum absolute atomic E-state index is 0.115. The van der Waals surface area contributed by atoms with Crippen molar-refractivity contribution in [1.82, 2.24) is 10.2 Å². The molecule has 1 atom stereocenters. The van der Waals surface area contributed by atoms with Gasteiger partial charge in [-0.15, -0.1) is 0 Å². The second-order valence-corrected chi connectivity index (χ2v) is 4.32. The maximum absolute atomic E-state index is 12.2. The van der Waals surface area contributed by atoms with Gasteiger partial charge in [0.25, 0.3) is 5.91 Å². The van der Waals surface area contributed by atoms with Crippen LogP contribution < -0.4 is 5.32 Å². The molecule has 0 aliphatic rings. The molecule has 0 bridgehead atoms. The number of benzene rings is 1. The Kier molecular flexibility index (Phi) is 5.96. The molecule has 1 aromatic rings. The summed E-state index contributed by atoms with van der Waals surface area (Å²) >= 11 is 0. The van der Waals surface area contributed by atoms with Crippen LogP contribution in [0.2, 0.25) is 0 Å². The van der Waals surface area contributed by atoms with Crippen molar-refractivity contribution in [3.05, 3.63) is 42.5 Å². The summed E-state index contributed by atoms with van der Waals surface area (Å²) in [6.45, 7) is 5.24. The van der Waals surface area contributed by atoms with Crippen LogP contribution in [-0.4, -0.2) is 34.4 Å². The third-order valence-electron chi connectivity index (χ3n) is 2.88. The summed E-state index contributed by atoms with van der Waals surface area (Å²) in [4.78, 5) is 24.7. The van der Waals surface area contributed by atoms with Crippen LogP contribution in [0.4, 0.5) is 0 Å². The van der Waals surface area contributed by atoms with E-state index < -0.39 is 17.9 Å². The van der Waals surface area contributed by atoms with E-state index >= 15 is 0 Å². The molecule has 1 rings (SSSR count). The number of hydrogen-bond acceptors (Lipinski definition) is 4. The highest BCUT2D eigenvalue weighted by Gasteiger charge is 2.25. The number of likely N-dealkylation sites (N-methyl/N-ethyl adjacent to an activating group) is 1. The van der Waals surface area contributed by atoms with Crippen LogP contribution in [0.25, 0.3) is 0 Å². The number of phenolic OH excluding ortho intramolecular Hbond substituents is 1. The fourth-order valence-electron chi connectivity index (χ4n) is 1.76. The molecular weight excluding hydrogens is 270 g/mol. The number of carbonyl (C=O) groups is 2. The van der Waals surface area contributed by atoms with Crippen molar-refractivity contribution < 1.29 is 14.7 Å². The quantitative estimate of drug-likeness (QED) is 0.462. The largest absolute Gasteiger partial charge is 0.508 e. The van der Waals surface area contributed by atoms with Gasteiger partial charge in [-0.25, -0.2) is 4.90 Å². The molecule has 0 spiro atoms. The highest BCUT2D eigenvalue weighted by molar-refractivity contribution is 5.93. The van der Waals surface area contributed by atoms with E-state index in [4.69, 9.17) is 5.26 Å². The summed E-state index contributed by atoms with van der Waals surface area (Å²) in [5.74, 6) is -0.853. The van der Waals surface area contributed by atoms with Crippen molar-refractivity contribution in [3.63, 3.8) is 0 Å². The average Bonchev–Trinajstić information content (AvgIpc) is 2.49. The summed E-state index contributed by atoms with van der Waals surface area (Å²) in [7, 11) is 0. The SMILES string of the molecule is C=CC(=O)NC(Cc1ccc(O)cc1)C(=O)N(C#N)CC. The van der Waals surface area contributed by atoms with Gasteiger partial charge in [0.15, 0.2) is 6.19 Å². The monoisotopic (exact) mass is 287 g/mol. The van der Waals surface area contributed by atoms with Crippen LogP contribution in [0, 0.1) is 11.5 Å². The molecule has 2 amide bonds. The number of hydrogen-bond donors (Lipinski definition) is 2. The molecule has 0 aliphatic heterocycles. The first-order chi connectivity index (χ1) is 10.0. The molecule has 0 heterocycles. The zero-order chi connectivity index (χ0) is 15.8. The van der Waals surface area contributed by atoms with Gasteiger partial charge in [0.05, 0.1) is 0 Å². The van der Waals surface area contributed by atoms with Crippen LogP contribution in [0.5, 0.6) is 5.75 Å². The predicted octanol–water partition coefficient (Wildman–Crippen LogP) is 0.935. The lowest BCUT2D eigenvalue weighted by atomic mass is 10.0. The molecule has 6 nitrogen and oxygen atoms in total. The number of carbonyl (C=O) groups excluding carboxylic acids is 2. The highest BCUT2D eigenvalue weighted by Crippen LogP contribution is 2.12. The Hall–Kier alpha value is -2.81. The Labute approximate surface area is 123 Å². The zero-order valence-corrected chi connectivity index (χ0v) is 11.7. The van der Waals surface area contributed by atoms with E-state index in [1.165, 1.54) is 12.1 Å². The Morgan fingerprint density at radius 1 is 1.48 bits per heavy atom. The Balaban J connectivity index is 2.93. The number of amides is 2. The predicted molar refractivity (Wildman–Crippen MR) is 76.9 cm³/mol. The highest BCUT2D eigenvalue weighted by atomic mass is 16.3. The standard InChI is InChI=1S/C15H17N3O3/c1-3-14(20)17-13(15(21)18(4-2)10-16)9-11-5-7-12(19)8-6-11/h3,5-8,13,19H,1,4,9H2,2H3,(H,17,20). The molecule has 2 N–H and O–H groups in total. The van der Waals surface area contributed by atoms with Crippen molar-refractivity contribution in [1.29, 1.82) is 5.26 Å². The minimum Gasteiger partial charge on any atom is -0.508 e. The second-order valence-electron chi connectivity index (χ2n) is 4.32. The van der Waals surface area contributed by atoms with Crippen molar-refractivity contribution >= 4 is 11.8 Å². The van der Waals surface area contributed by atoms with E-state index in [9.17, 15) is 14.7 Å². The first-order valence-corrected chi connectivity index (χ1v) is 6.43. The molecule has 6 heteroatoms. The number of phenols is 1. The fraction of sp³-hybridized carbons (Fsp3) is 0.267. The van der Waals surface area contributed by atoms with Crippen LogP contribution in [0.1, 0.15) is 12.5 Å². The summed E-state index contributed by atoms with van der Waals surface area (Å²) in [5, 5.41) is 20.7. The molecular formula is C15H17N3O3. The normalized spacial score (nSPS) is 11.0. The van der Waals surface area contributed by atoms with Gasteiger partial charge >= 0.3 is 0 Å². The van der Waals surface area contributed by atoms with Gasteiger partial charge in [-0.1, -0.05) is 18.7 Å². The topological polar surface area (TPSA) is 93.4 Å². The maximum Gasteiger partial charge on any atom is 0.258 e. The molecule has 0 radical (unpaired) electrons. The lowest BCUT2D eigenvalue weighted by Crippen LogP contribution is -2.47. The smallest absolute Gasteiger partial charge is 0.258 e. The van der Waals surface area contributed by atoms with E-state index in [0.717, 1.165) is 16.5 Å². The van der Waals surface area contributed by atoms with Crippen molar-refractivity contribution in [3.8, 4) is 11.9 Å². The van der Waals surface area contributed by atoms with Crippen LogP contribution >= 0.6 is 0 Å². The van der Waals surface area contributed by atoms with E-state index in [1.54, 1.807) is 25.2 Å². The number of aromatic hydroxyl groups is 1. The van der Waals surface area contributed by atoms with E-state index in [0.29, 0.717) is 0 Å². The molecule has 1 unspecified atom stereocenters. The molecule has 21 heavy (non-hydrogen) atoms. The van der Waals surface area contributed by atoms with E-state index in [1.807, 2.05) is 0 Å². The van der Waals surface area contributed by atoms with Gasteiger partial charge in [-0.05, 0) is 30.7 Å². The van der Waals surface area contributed by atoms with Crippen LogP contribution in [0.15, 0.2) is 36.9 Å². The number of nitrogens with one attached hydrogen (secondary N) is 1.